The summed E-state index contributed by atoms with van der Waals surface area (Å²) in [5, 5.41) is 0.398. The summed E-state index contributed by atoms with van der Waals surface area (Å²) >= 11 is 0. The standard InChI is InChI=1S/C14H10N2O2/c1-9-5-2-3-6-10(9)13-16-12-11(14(17)18-13)7-4-8-15-12/h2-8H,1H3. The van der Waals surface area contributed by atoms with Crippen LogP contribution < -0.4 is 5.63 Å². The van der Waals surface area contributed by atoms with E-state index in [1.807, 2.05) is 31.2 Å². The minimum absolute atomic E-state index is 0.310. The molecule has 4 nitrogen and oxygen atoms in total. The predicted octanol–water partition coefficient (Wildman–Crippen LogP) is 2.56. The zero-order valence-electron chi connectivity index (χ0n) is 9.75. The Kier molecular flexibility index (Phi) is 2.41. The molecule has 0 aliphatic carbocycles. The number of benzene rings is 1. The van der Waals surface area contributed by atoms with Crippen LogP contribution in [0.15, 0.2) is 51.8 Å². The summed E-state index contributed by atoms with van der Waals surface area (Å²) in [5.74, 6) is 0.310. The topological polar surface area (TPSA) is 56.0 Å². The molecule has 3 aromatic rings. The van der Waals surface area contributed by atoms with Gasteiger partial charge in [0.1, 0.15) is 5.39 Å². The van der Waals surface area contributed by atoms with Crippen molar-refractivity contribution in [3.63, 3.8) is 0 Å². The number of hydrogen-bond donors (Lipinski definition) is 0. The van der Waals surface area contributed by atoms with Crippen LogP contribution in [0.25, 0.3) is 22.5 Å². The summed E-state index contributed by atoms with van der Waals surface area (Å²) < 4.78 is 5.25. The minimum atomic E-state index is -0.411. The first-order valence-electron chi connectivity index (χ1n) is 5.57. The van der Waals surface area contributed by atoms with E-state index in [4.69, 9.17) is 4.42 Å². The molecule has 4 heteroatoms. The quantitative estimate of drug-likeness (QED) is 0.653. The zero-order valence-corrected chi connectivity index (χ0v) is 9.75. The first-order valence-corrected chi connectivity index (χ1v) is 5.57. The number of aromatic nitrogens is 2. The molecule has 3 rings (SSSR count). The van der Waals surface area contributed by atoms with Gasteiger partial charge in [0.15, 0.2) is 5.65 Å². The van der Waals surface area contributed by atoms with Crippen molar-refractivity contribution in [1.82, 2.24) is 9.97 Å². The Bertz CT molecular complexity index is 778. The average molecular weight is 238 g/mol. The molecule has 18 heavy (non-hydrogen) atoms. The van der Waals surface area contributed by atoms with Crippen LogP contribution in [0, 0.1) is 6.92 Å². The van der Waals surface area contributed by atoms with Gasteiger partial charge in [-0.05, 0) is 30.7 Å². The van der Waals surface area contributed by atoms with Gasteiger partial charge in [-0.3, -0.25) is 0 Å². The number of pyridine rings is 1. The lowest BCUT2D eigenvalue weighted by molar-refractivity contribution is 0.517. The maximum atomic E-state index is 11.8. The van der Waals surface area contributed by atoms with Gasteiger partial charge in [0.25, 0.3) is 0 Å². The fraction of sp³-hybridized carbons (Fsp3) is 0.0714. The van der Waals surface area contributed by atoms with Crippen LogP contribution in [-0.4, -0.2) is 9.97 Å². The molecule has 0 spiro atoms. The van der Waals surface area contributed by atoms with Gasteiger partial charge in [0.2, 0.25) is 5.89 Å². The van der Waals surface area contributed by atoms with Gasteiger partial charge in [-0.15, -0.1) is 0 Å². The van der Waals surface area contributed by atoms with Crippen molar-refractivity contribution in [3.05, 3.63) is 58.6 Å². The minimum Gasteiger partial charge on any atom is -0.403 e. The number of nitrogens with zero attached hydrogens (tertiary/aromatic N) is 2. The highest BCUT2D eigenvalue weighted by Crippen LogP contribution is 2.20. The lowest BCUT2D eigenvalue weighted by atomic mass is 10.1. The monoisotopic (exact) mass is 238 g/mol. The number of rotatable bonds is 1. The van der Waals surface area contributed by atoms with Crippen molar-refractivity contribution in [2.75, 3.05) is 0 Å². The lowest BCUT2D eigenvalue weighted by Crippen LogP contribution is -2.04. The predicted molar refractivity (Wildman–Crippen MR) is 68.2 cm³/mol. The van der Waals surface area contributed by atoms with E-state index in [0.717, 1.165) is 11.1 Å². The third kappa shape index (κ3) is 1.68. The first kappa shape index (κ1) is 10.7. The van der Waals surface area contributed by atoms with Gasteiger partial charge in [-0.1, -0.05) is 18.2 Å². The second-order valence-electron chi connectivity index (χ2n) is 4.00. The maximum Gasteiger partial charge on any atom is 0.348 e. The van der Waals surface area contributed by atoms with Gasteiger partial charge >= 0.3 is 5.63 Å². The van der Waals surface area contributed by atoms with E-state index in [1.165, 1.54) is 0 Å². The zero-order chi connectivity index (χ0) is 12.5. The molecule has 1 aromatic carbocycles. The van der Waals surface area contributed by atoms with Gasteiger partial charge in [-0.25, -0.2) is 9.78 Å². The van der Waals surface area contributed by atoms with Gasteiger partial charge in [0.05, 0.1) is 0 Å². The summed E-state index contributed by atoms with van der Waals surface area (Å²) in [7, 11) is 0. The summed E-state index contributed by atoms with van der Waals surface area (Å²) in [5.41, 5.74) is 1.81. The second kappa shape index (κ2) is 4.07. The van der Waals surface area contributed by atoms with Crippen molar-refractivity contribution >= 4 is 11.0 Å². The van der Waals surface area contributed by atoms with E-state index in [2.05, 4.69) is 9.97 Å². The molecule has 0 aliphatic heterocycles. The Morgan fingerprint density at radius 2 is 1.94 bits per heavy atom. The van der Waals surface area contributed by atoms with Gasteiger partial charge in [-0.2, -0.15) is 4.98 Å². The third-order valence-corrected chi connectivity index (χ3v) is 2.78. The summed E-state index contributed by atoms with van der Waals surface area (Å²) in [6, 6.07) is 11.0. The van der Waals surface area contributed by atoms with Crippen molar-refractivity contribution in [2.24, 2.45) is 0 Å². The third-order valence-electron chi connectivity index (χ3n) is 2.78. The van der Waals surface area contributed by atoms with Crippen LogP contribution in [0.3, 0.4) is 0 Å². The Labute approximate surface area is 103 Å². The highest BCUT2D eigenvalue weighted by molar-refractivity contribution is 5.74. The molecule has 0 N–H and O–H groups in total. The van der Waals surface area contributed by atoms with Crippen LogP contribution in [-0.2, 0) is 0 Å². The molecule has 0 saturated heterocycles. The molecule has 0 fully saturated rings. The molecule has 0 atom stereocenters. The molecule has 0 bridgehead atoms. The fourth-order valence-electron chi connectivity index (χ4n) is 1.84. The van der Waals surface area contributed by atoms with Crippen LogP contribution in [0.5, 0.6) is 0 Å². The Hall–Kier alpha value is -2.49. The summed E-state index contributed by atoms with van der Waals surface area (Å²) in [6.45, 7) is 1.94. The van der Waals surface area contributed by atoms with Crippen LogP contribution in [0.4, 0.5) is 0 Å². The van der Waals surface area contributed by atoms with Crippen LogP contribution in [0.2, 0.25) is 0 Å². The molecule has 0 amide bonds. The Morgan fingerprint density at radius 1 is 1.11 bits per heavy atom. The highest BCUT2D eigenvalue weighted by Gasteiger charge is 2.10. The van der Waals surface area contributed by atoms with E-state index in [9.17, 15) is 4.79 Å². The Balaban J connectivity index is 2.32. The average Bonchev–Trinajstić information content (AvgIpc) is 2.39. The number of fused-ring (bicyclic) bond motifs is 1. The maximum absolute atomic E-state index is 11.8. The van der Waals surface area contributed by atoms with E-state index < -0.39 is 5.63 Å². The smallest absolute Gasteiger partial charge is 0.348 e. The molecule has 0 aliphatic rings. The van der Waals surface area contributed by atoms with Gasteiger partial charge < -0.3 is 4.42 Å². The van der Waals surface area contributed by atoms with Gasteiger partial charge in [0, 0.05) is 11.8 Å². The molecule has 0 saturated carbocycles. The first-order chi connectivity index (χ1) is 8.75. The molecule has 88 valence electrons. The molecular formula is C14H10N2O2. The fourth-order valence-corrected chi connectivity index (χ4v) is 1.84. The van der Waals surface area contributed by atoms with Crippen LogP contribution >= 0.6 is 0 Å². The van der Waals surface area contributed by atoms with E-state index >= 15 is 0 Å². The van der Waals surface area contributed by atoms with E-state index in [-0.39, 0.29) is 0 Å². The SMILES string of the molecule is Cc1ccccc1-c1nc2ncccc2c(=O)o1. The van der Waals surface area contributed by atoms with E-state index in [0.29, 0.717) is 16.9 Å². The molecule has 0 unspecified atom stereocenters. The highest BCUT2D eigenvalue weighted by atomic mass is 16.4. The molecule has 2 heterocycles. The van der Waals surface area contributed by atoms with Crippen molar-refractivity contribution in [1.29, 1.82) is 0 Å². The molecule has 0 radical (unpaired) electrons. The van der Waals surface area contributed by atoms with Crippen LogP contribution in [0.1, 0.15) is 5.56 Å². The second-order valence-corrected chi connectivity index (χ2v) is 4.00. The Morgan fingerprint density at radius 3 is 2.78 bits per heavy atom. The number of aryl methyl sites for hydroxylation is 1. The molecular weight excluding hydrogens is 228 g/mol. The molecule has 2 aromatic heterocycles. The largest absolute Gasteiger partial charge is 0.403 e. The number of hydrogen-bond acceptors (Lipinski definition) is 4. The van der Waals surface area contributed by atoms with Crippen molar-refractivity contribution in [3.8, 4) is 11.5 Å². The normalized spacial score (nSPS) is 10.7. The van der Waals surface area contributed by atoms with Crippen molar-refractivity contribution in [2.45, 2.75) is 6.92 Å². The lowest BCUT2D eigenvalue weighted by Gasteiger charge is -2.03. The summed E-state index contributed by atoms with van der Waals surface area (Å²) in [4.78, 5) is 20.2. The summed E-state index contributed by atoms with van der Waals surface area (Å²) in [6.07, 6.45) is 1.61. The van der Waals surface area contributed by atoms with E-state index in [1.54, 1.807) is 18.3 Å². The van der Waals surface area contributed by atoms with Crippen molar-refractivity contribution < 1.29 is 4.42 Å².